The van der Waals surface area contributed by atoms with Gasteiger partial charge in [-0.1, -0.05) is 12.1 Å². The third-order valence-corrected chi connectivity index (χ3v) is 5.07. The van der Waals surface area contributed by atoms with Gasteiger partial charge in [-0.3, -0.25) is 9.19 Å². The van der Waals surface area contributed by atoms with Crippen molar-refractivity contribution in [3.8, 4) is 0 Å². The van der Waals surface area contributed by atoms with Gasteiger partial charge in [0.25, 0.3) is 0 Å². The van der Waals surface area contributed by atoms with Crippen LogP contribution in [0.1, 0.15) is 18.4 Å². The van der Waals surface area contributed by atoms with E-state index in [-0.39, 0.29) is 0 Å². The van der Waals surface area contributed by atoms with Crippen LogP contribution in [0.25, 0.3) is 10.8 Å². The van der Waals surface area contributed by atoms with Crippen LogP contribution in [0, 0.1) is 0 Å². The van der Waals surface area contributed by atoms with E-state index in [1.54, 1.807) is 0 Å². The molecule has 0 bridgehead atoms. The van der Waals surface area contributed by atoms with Crippen LogP contribution in [0.5, 0.6) is 0 Å². The molecule has 4 heteroatoms. The summed E-state index contributed by atoms with van der Waals surface area (Å²) in [5.74, 6) is 1.70. The Kier molecular flexibility index (Phi) is 3.89. The van der Waals surface area contributed by atoms with Gasteiger partial charge < -0.3 is 5.32 Å². The summed E-state index contributed by atoms with van der Waals surface area (Å²) in [6.07, 6.45) is 5.78. The molecule has 1 aromatic heterocycles. The van der Waals surface area contributed by atoms with Crippen LogP contribution in [-0.2, 0) is 17.3 Å². The maximum Gasteiger partial charge on any atom is 0.0346 e. The minimum Gasteiger partial charge on any atom is -0.310 e. The van der Waals surface area contributed by atoms with Gasteiger partial charge in [0.1, 0.15) is 0 Å². The lowest BCUT2D eigenvalue weighted by molar-refractivity contribution is 0.475. The highest BCUT2D eigenvalue weighted by Gasteiger charge is 2.16. The van der Waals surface area contributed by atoms with E-state index in [1.165, 1.54) is 16.3 Å². The minimum absolute atomic E-state index is 0.519. The first kappa shape index (κ1) is 12.8. The van der Waals surface area contributed by atoms with E-state index in [0.29, 0.717) is 6.04 Å². The van der Waals surface area contributed by atoms with Crippen molar-refractivity contribution in [1.29, 1.82) is 0 Å². The summed E-state index contributed by atoms with van der Waals surface area (Å²) in [7, 11) is -0.574. The smallest absolute Gasteiger partial charge is 0.0346 e. The summed E-state index contributed by atoms with van der Waals surface area (Å²) >= 11 is 0. The van der Waals surface area contributed by atoms with Crippen LogP contribution in [0.2, 0.25) is 0 Å². The molecule has 0 spiro atoms. The van der Waals surface area contributed by atoms with E-state index in [4.69, 9.17) is 0 Å². The minimum atomic E-state index is -0.574. The molecule has 0 saturated carbocycles. The molecule has 0 radical (unpaired) electrons. The van der Waals surface area contributed by atoms with Crippen LogP contribution < -0.4 is 5.32 Å². The predicted molar refractivity (Wildman–Crippen MR) is 79.5 cm³/mol. The fraction of sp³-hybridized carbons (Fsp3) is 0.400. The second-order valence-corrected chi connectivity index (χ2v) is 6.76. The number of rotatable bonds is 3. The van der Waals surface area contributed by atoms with Crippen molar-refractivity contribution in [2.75, 3.05) is 11.5 Å². The van der Waals surface area contributed by atoms with Gasteiger partial charge in [0.2, 0.25) is 0 Å². The maximum atomic E-state index is 11.3. The third-order valence-electron chi connectivity index (χ3n) is 3.69. The monoisotopic (exact) mass is 274 g/mol. The van der Waals surface area contributed by atoms with E-state index < -0.39 is 10.8 Å². The second-order valence-electron chi connectivity index (χ2n) is 5.06. The standard InChI is InChI=1S/C15H18N2OS/c18-19-7-4-15(5-8-19)17-10-12-1-2-14-11-16-6-3-13(14)9-12/h1-3,6,9,11,15,17H,4-5,7-8,10H2. The first-order valence-corrected chi connectivity index (χ1v) is 8.21. The molecule has 3 rings (SSSR count). The van der Waals surface area contributed by atoms with Crippen molar-refractivity contribution in [2.45, 2.75) is 25.4 Å². The molecule has 100 valence electrons. The number of fused-ring (bicyclic) bond motifs is 1. The molecule has 3 nitrogen and oxygen atoms in total. The Bertz CT molecular complexity index is 589. The molecule has 1 fully saturated rings. The van der Waals surface area contributed by atoms with E-state index in [9.17, 15) is 4.21 Å². The Morgan fingerprint density at radius 1 is 1.21 bits per heavy atom. The molecule has 19 heavy (non-hydrogen) atoms. The zero-order valence-electron chi connectivity index (χ0n) is 10.8. The molecular formula is C15H18N2OS. The van der Waals surface area contributed by atoms with Gasteiger partial charge in [0, 0.05) is 52.7 Å². The quantitative estimate of drug-likeness (QED) is 0.933. The highest BCUT2D eigenvalue weighted by atomic mass is 32.2. The van der Waals surface area contributed by atoms with Crippen LogP contribution in [0.3, 0.4) is 0 Å². The van der Waals surface area contributed by atoms with E-state index in [2.05, 4.69) is 28.5 Å². The Morgan fingerprint density at radius 3 is 2.89 bits per heavy atom. The number of pyridine rings is 1. The van der Waals surface area contributed by atoms with Gasteiger partial charge >= 0.3 is 0 Å². The average Bonchev–Trinajstić information content (AvgIpc) is 2.46. The molecule has 2 heterocycles. The summed E-state index contributed by atoms with van der Waals surface area (Å²) in [4.78, 5) is 4.12. The summed E-state index contributed by atoms with van der Waals surface area (Å²) in [5, 5.41) is 5.99. The van der Waals surface area contributed by atoms with Crippen LogP contribution in [0.4, 0.5) is 0 Å². The van der Waals surface area contributed by atoms with Crippen molar-refractivity contribution < 1.29 is 4.21 Å². The lowest BCUT2D eigenvalue weighted by Crippen LogP contribution is -2.35. The molecule has 1 aromatic carbocycles. The zero-order valence-corrected chi connectivity index (χ0v) is 11.7. The molecule has 1 aliphatic rings. The number of aromatic nitrogens is 1. The topological polar surface area (TPSA) is 42.0 Å². The lowest BCUT2D eigenvalue weighted by atomic mass is 10.1. The number of nitrogens with zero attached hydrogens (tertiary/aromatic N) is 1. The van der Waals surface area contributed by atoms with Crippen LogP contribution in [0.15, 0.2) is 36.7 Å². The highest BCUT2D eigenvalue weighted by molar-refractivity contribution is 7.85. The first-order valence-electron chi connectivity index (χ1n) is 6.72. The van der Waals surface area contributed by atoms with Gasteiger partial charge in [-0.25, -0.2) is 0 Å². The number of hydrogen-bond donors (Lipinski definition) is 1. The van der Waals surface area contributed by atoms with Crippen LogP contribution in [-0.4, -0.2) is 26.7 Å². The Morgan fingerprint density at radius 2 is 2.05 bits per heavy atom. The molecule has 1 N–H and O–H groups in total. The van der Waals surface area contributed by atoms with Crippen molar-refractivity contribution >= 4 is 21.6 Å². The Hall–Kier alpha value is -1.26. The Balaban J connectivity index is 1.63. The number of nitrogens with one attached hydrogen (secondary N) is 1. The van der Waals surface area contributed by atoms with Crippen molar-refractivity contribution in [3.05, 3.63) is 42.2 Å². The van der Waals surface area contributed by atoms with E-state index in [1.807, 2.05) is 18.5 Å². The summed E-state index contributed by atoms with van der Waals surface area (Å²) in [6, 6.07) is 9.05. The molecule has 2 aromatic rings. The Labute approximate surface area is 115 Å². The van der Waals surface area contributed by atoms with Gasteiger partial charge in [0.05, 0.1) is 0 Å². The summed E-state index contributed by atoms with van der Waals surface area (Å²) in [6.45, 7) is 0.884. The third kappa shape index (κ3) is 3.19. The molecular weight excluding hydrogens is 256 g/mol. The molecule has 0 amide bonds. The van der Waals surface area contributed by atoms with Crippen molar-refractivity contribution in [2.24, 2.45) is 0 Å². The predicted octanol–water partition coefficient (Wildman–Crippen LogP) is 2.24. The van der Waals surface area contributed by atoms with Crippen LogP contribution >= 0.6 is 0 Å². The highest BCUT2D eigenvalue weighted by Crippen LogP contribution is 2.15. The second kappa shape index (κ2) is 5.80. The van der Waals surface area contributed by atoms with Gasteiger partial charge in [-0.05, 0) is 35.9 Å². The lowest BCUT2D eigenvalue weighted by Gasteiger charge is -2.22. The normalized spacial score (nSPS) is 23.6. The average molecular weight is 274 g/mol. The molecule has 0 atom stereocenters. The van der Waals surface area contributed by atoms with Crippen molar-refractivity contribution in [3.63, 3.8) is 0 Å². The fourth-order valence-corrected chi connectivity index (χ4v) is 3.80. The maximum absolute atomic E-state index is 11.3. The first-order chi connectivity index (χ1) is 9.31. The molecule has 0 aliphatic carbocycles. The van der Waals surface area contributed by atoms with E-state index in [0.717, 1.165) is 30.9 Å². The molecule has 1 aliphatic heterocycles. The fourth-order valence-electron chi connectivity index (χ4n) is 2.50. The summed E-state index contributed by atoms with van der Waals surface area (Å²) < 4.78 is 11.3. The van der Waals surface area contributed by atoms with Gasteiger partial charge in [0.15, 0.2) is 0 Å². The van der Waals surface area contributed by atoms with E-state index >= 15 is 0 Å². The van der Waals surface area contributed by atoms with Crippen molar-refractivity contribution in [1.82, 2.24) is 10.3 Å². The molecule has 1 saturated heterocycles. The number of hydrogen-bond acceptors (Lipinski definition) is 3. The molecule has 0 unspecified atom stereocenters. The SMILES string of the molecule is O=S1CCC(NCc2ccc3cnccc3c2)CC1. The summed E-state index contributed by atoms with van der Waals surface area (Å²) in [5.41, 5.74) is 1.30. The van der Waals surface area contributed by atoms with Gasteiger partial charge in [-0.15, -0.1) is 0 Å². The zero-order chi connectivity index (χ0) is 13.1. The van der Waals surface area contributed by atoms with Gasteiger partial charge in [-0.2, -0.15) is 0 Å². The largest absolute Gasteiger partial charge is 0.310 e. The number of benzene rings is 1.